The standard InChI is InChI=1S/C23H29N5S/c1-18-4-6-19(7-5-18)20-16-29-23-21(20)22(24-17-25-23)28-14-12-27(13-15-28)11-10-26-8-2-3-9-26/h4-7,16-17H,2-3,8-15H2,1H3/p+2. The van der Waals surface area contributed by atoms with Gasteiger partial charge in [-0.1, -0.05) is 29.8 Å². The largest absolute Gasteiger partial charge is 0.345 e. The van der Waals surface area contributed by atoms with E-state index in [0.717, 1.165) is 23.7 Å². The summed E-state index contributed by atoms with van der Waals surface area (Å²) in [5, 5.41) is 3.47. The lowest BCUT2D eigenvalue weighted by molar-refractivity contribution is -0.952. The third-order valence-corrected chi connectivity index (χ3v) is 7.51. The molecule has 2 aliphatic rings. The summed E-state index contributed by atoms with van der Waals surface area (Å²) in [5.74, 6) is 1.12. The maximum atomic E-state index is 4.75. The van der Waals surface area contributed by atoms with Gasteiger partial charge in [0.25, 0.3) is 0 Å². The molecule has 5 rings (SSSR count). The van der Waals surface area contributed by atoms with E-state index in [1.54, 1.807) is 22.6 Å². The monoisotopic (exact) mass is 409 g/mol. The molecule has 2 fully saturated rings. The zero-order valence-electron chi connectivity index (χ0n) is 17.3. The Morgan fingerprint density at radius 2 is 1.62 bits per heavy atom. The molecule has 2 aliphatic heterocycles. The first-order chi connectivity index (χ1) is 14.3. The number of hydrogen-bond acceptors (Lipinski definition) is 4. The number of rotatable bonds is 5. The van der Waals surface area contributed by atoms with Gasteiger partial charge in [0, 0.05) is 23.8 Å². The number of thiophene rings is 1. The Labute approximate surface area is 177 Å². The van der Waals surface area contributed by atoms with Crippen LogP contribution in [0.5, 0.6) is 0 Å². The van der Waals surface area contributed by atoms with Gasteiger partial charge in [0.2, 0.25) is 0 Å². The fourth-order valence-electron chi connectivity index (χ4n) is 4.81. The lowest BCUT2D eigenvalue weighted by atomic mass is 10.0. The zero-order valence-corrected chi connectivity index (χ0v) is 18.1. The molecule has 0 radical (unpaired) electrons. The van der Waals surface area contributed by atoms with Gasteiger partial charge in [0.1, 0.15) is 30.1 Å². The fraction of sp³-hybridized carbons (Fsp3) is 0.478. The van der Waals surface area contributed by atoms with Crippen LogP contribution in [0, 0.1) is 6.92 Å². The molecular formula is C23H31N5S+2. The lowest BCUT2D eigenvalue weighted by Crippen LogP contribution is -3.21. The van der Waals surface area contributed by atoms with Crippen molar-refractivity contribution in [2.24, 2.45) is 0 Å². The summed E-state index contributed by atoms with van der Waals surface area (Å²) < 4.78 is 0. The van der Waals surface area contributed by atoms with Gasteiger partial charge in [-0.3, -0.25) is 0 Å². The molecule has 0 unspecified atom stereocenters. The van der Waals surface area contributed by atoms with Crippen LogP contribution in [0.3, 0.4) is 0 Å². The Bertz CT molecular complexity index is 953. The van der Waals surface area contributed by atoms with E-state index in [-0.39, 0.29) is 0 Å². The minimum Gasteiger partial charge on any atom is -0.345 e. The second-order valence-electron chi connectivity index (χ2n) is 8.59. The number of aryl methyl sites for hydroxylation is 1. The molecular weight excluding hydrogens is 378 g/mol. The molecule has 3 aromatic rings. The molecule has 29 heavy (non-hydrogen) atoms. The highest BCUT2D eigenvalue weighted by Gasteiger charge is 2.25. The number of anilines is 1. The van der Waals surface area contributed by atoms with Crippen LogP contribution < -0.4 is 14.7 Å². The first-order valence-corrected chi connectivity index (χ1v) is 11.9. The summed E-state index contributed by atoms with van der Waals surface area (Å²) in [7, 11) is 0. The van der Waals surface area contributed by atoms with Gasteiger partial charge in [0.05, 0.1) is 44.7 Å². The summed E-state index contributed by atoms with van der Waals surface area (Å²) in [5.41, 5.74) is 3.82. The average molecular weight is 410 g/mol. The van der Waals surface area contributed by atoms with E-state index < -0.39 is 0 Å². The van der Waals surface area contributed by atoms with E-state index in [2.05, 4.69) is 46.5 Å². The van der Waals surface area contributed by atoms with E-state index in [9.17, 15) is 0 Å². The van der Waals surface area contributed by atoms with Crippen LogP contribution in [0.4, 0.5) is 5.82 Å². The van der Waals surface area contributed by atoms with Crippen LogP contribution in [0.1, 0.15) is 18.4 Å². The Hall–Kier alpha value is -2.02. The Morgan fingerprint density at radius 1 is 0.931 bits per heavy atom. The highest BCUT2D eigenvalue weighted by Crippen LogP contribution is 2.37. The zero-order chi connectivity index (χ0) is 19.6. The van der Waals surface area contributed by atoms with Crippen LogP contribution >= 0.6 is 11.3 Å². The van der Waals surface area contributed by atoms with Gasteiger partial charge in [-0.2, -0.15) is 0 Å². The predicted molar refractivity (Wildman–Crippen MR) is 120 cm³/mol. The van der Waals surface area contributed by atoms with Crippen molar-refractivity contribution in [1.29, 1.82) is 0 Å². The van der Waals surface area contributed by atoms with Gasteiger partial charge in [0.15, 0.2) is 0 Å². The van der Waals surface area contributed by atoms with Crippen molar-refractivity contribution in [2.75, 3.05) is 57.3 Å². The second-order valence-corrected chi connectivity index (χ2v) is 9.45. The Balaban J connectivity index is 1.33. The highest BCUT2D eigenvalue weighted by atomic mass is 32.1. The number of benzene rings is 1. The van der Waals surface area contributed by atoms with Crippen LogP contribution in [0.25, 0.3) is 21.3 Å². The molecule has 2 saturated heterocycles. The molecule has 0 amide bonds. The molecule has 0 spiro atoms. The quantitative estimate of drug-likeness (QED) is 0.662. The van der Waals surface area contributed by atoms with Crippen LogP contribution in [0.2, 0.25) is 0 Å². The van der Waals surface area contributed by atoms with E-state index in [1.807, 2.05) is 4.90 Å². The number of likely N-dealkylation sites (tertiary alicyclic amines) is 1. The van der Waals surface area contributed by atoms with E-state index in [0.29, 0.717) is 0 Å². The van der Waals surface area contributed by atoms with Gasteiger partial charge in [-0.25, -0.2) is 9.97 Å². The summed E-state index contributed by atoms with van der Waals surface area (Å²) >= 11 is 1.73. The number of fused-ring (bicyclic) bond motifs is 1. The van der Waals surface area contributed by atoms with E-state index in [4.69, 9.17) is 4.98 Å². The second kappa shape index (κ2) is 8.38. The minimum absolute atomic E-state index is 1.08. The normalized spacial score (nSPS) is 18.7. The molecule has 0 aliphatic carbocycles. The molecule has 6 heteroatoms. The SMILES string of the molecule is Cc1ccc(-c2csc3ncnc(N4CC[NH+](CC[NH+]5CCCC5)CC4)c23)cc1. The summed E-state index contributed by atoms with van der Waals surface area (Å²) in [6.45, 7) is 12.2. The predicted octanol–water partition coefficient (Wildman–Crippen LogP) is 1.05. The molecule has 1 aromatic carbocycles. The molecule has 152 valence electrons. The summed E-state index contributed by atoms with van der Waals surface area (Å²) in [6, 6.07) is 8.81. The van der Waals surface area contributed by atoms with Crippen LogP contribution in [0.15, 0.2) is 36.0 Å². The fourth-order valence-corrected chi connectivity index (χ4v) is 5.72. The maximum Gasteiger partial charge on any atom is 0.141 e. The van der Waals surface area contributed by atoms with Gasteiger partial charge >= 0.3 is 0 Å². The molecule has 2 N–H and O–H groups in total. The van der Waals surface area contributed by atoms with Crippen molar-refractivity contribution >= 4 is 27.4 Å². The van der Waals surface area contributed by atoms with Crippen molar-refractivity contribution in [3.63, 3.8) is 0 Å². The smallest absolute Gasteiger partial charge is 0.141 e. The molecule has 0 bridgehead atoms. The number of quaternary nitrogens is 2. The summed E-state index contributed by atoms with van der Waals surface area (Å²) in [6.07, 6.45) is 4.58. The number of nitrogens with one attached hydrogen (secondary N) is 2. The number of aromatic nitrogens is 2. The van der Waals surface area contributed by atoms with Crippen molar-refractivity contribution in [2.45, 2.75) is 19.8 Å². The molecule has 4 heterocycles. The number of nitrogens with zero attached hydrogens (tertiary/aromatic N) is 3. The van der Waals surface area contributed by atoms with Gasteiger partial charge in [-0.05, 0) is 12.5 Å². The van der Waals surface area contributed by atoms with Crippen LogP contribution in [-0.2, 0) is 0 Å². The highest BCUT2D eigenvalue weighted by molar-refractivity contribution is 7.17. The maximum absolute atomic E-state index is 4.75. The summed E-state index contributed by atoms with van der Waals surface area (Å²) in [4.78, 5) is 16.5. The van der Waals surface area contributed by atoms with E-state index in [1.165, 1.54) is 74.2 Å². The van der Waals surface area contributed by atoms with Crippen molar-refractivity contribution in [3.05, 3.63) is 41.5 Å². The van der Waals surface area contributed by atoms with Crippen molar-refractivity contribution in [1.82, 2.24) is 9.97 Å². The van der Waals surface area contributed by atoms with Crippen LogP contribution in [-0.4, -0.2) is 62.3 Å². The molecule has 0 saturated carbocycles. The van der Waals surface area contributed by atoms with Crippen molar-refractivity contribution < 1.29 is 9.80 Å². The molecule has 5 nitrogen and oxygen atoms in total. The number of piperazine rings is 1. The Morgan fingerprint density at radius 3 is 2.34 bits per heavy atom. The average Bonchev–Trinajstić information content (AvgIpc) is 3.43. The third kappa shape index (κ3) is 4.02. The number of hydrogen-bond donors (Lipinski definition) is 2. The van der Waals surface area contributed by atoms with Crippen molar-refractivity contribution in [3.8, 4) is 11.1 Å². The molecule has 0 atom stereocenters. The van der Waals surface area contributed by atoms with E-state index >= 15 is 0 Å². The topological polar surface area (TPSA) is 37.9 Å². The molecule has 2 aromatic heterocycles. The third-order valence-electron chi connectivity index (χ3n) is 6.63. The lowest BCUT2D eigenvalue weighted by Gasteiger charge is -2.33. The first kappa shape index (κ1) is 19.0. The Kier molecular flexibility index (Phi) is 5.48. The van der Waals surface area contributed by atoms with Gasteiger partial charge < -0.3 is 14.7 Å². The van der Waals surface area contributed by atoms with Gasteiger partial charge in [-0.15, -0.1) is 11.3 Å². The minimum atomic E-state index is 1.08. The first-order valence-electron chi connectivity index (χ1n) is 11.0.